The number of esters is 1. The highest BCUT2D eigenvalue weighted by atomic mass is 19.4. The monoisotopic (exact) mass is 381 g/mol. The molecule has 0 radical (unpaired) electrons. The lowest BCUT2D eigenvalue weighted by Crippen LogP contribution is -2.13. The van der Waals surface area contributed by atoms with Crippen molar-refractivity contribution in [2.75, 3.05) is 19.0 Å². The molecule has 2 aromatic rings. The van der Waals surface area contributed by atoms with Gasteiger partial charge in [0.05, 0.1) is 30.5 Å². The molecule has 0 bridgehead atoms. The van der Waals surface area contributed by atoms with Crippen LogP contribution in [0.15, 0.2) is 30.3 Å². The Kier molecular flexibility index (Phi) is 6.36. The van der Waals surface area contributed by atoms with E-state index in [0.717, 1.165) is 36.8 Å². The van der Waals surface area contributed by atoms with E-state index < -0.39 is 23.5 Å². The van der Waals surface area contributed by atoms with Gasteiger partial charge in [-0.1, -0.05) is 19.1 Å². The van der Waals surface area contributed by atoms with Crippen molar-refractivity contribution >= 4 is 17.3 Å². The predicted octanol–water partition coefficient (Wildman–Crippen LogP) is 5.51. The minimum Gasteiger partial charge on any atom is -0.496 e. The van der Waals surface area contributed by atoms with E-state index >= 15 is 0 Å². The number of hydrogen-bond donors (Lipinski definition) is 1. The average molecular weight is 381 g/mol. The molecule has 0 saturated heterocycles. The second kappa shape index (κ2) is 8.33. The van der Waals surface area contributed by atoms with Crippen molar-refractivity contribution in [2.24, 2.45) is 0 Å². The second-order valence-corrected chi connectivity index (χ2v) is 5.94. The van der Waals surface area contributed by atoms with Crippen LogP contribution in [0, 0.1) is 6.92 Å². The summed E-state index contributed by atoms with van der Waals surface area (Å²) in [6.45, 7) is 5.59. The van der Waals surface area contributed by atoms with E-state index in [4.69, 9.17) is 9.47 Å². The molecular formula is C20H22F3NO3. The molecule has 7 heteroatoms. The lowest BCUT2D eigenvalue weighted by Gasteiger charge is -2.19. The van der Waals surface area contributed by atoms with E-state index in [0.29, 0.717) is 5.69 Å². The first-order valence-corrected chi connectivity index (χ1v) is 8.54. The van der Waals surface area contributed by atoms with Gasteiger partial charge in [-0.05, 0) is 49.6 Å². The molecule has 0 aromatic heterocycles. The van der Waals surface area contributed by atoms with Crippen LogP contribution in [0.2, 0.25) is 0 Å². The summed E-state index contributed by atoms with van der Waals surface area (Å²) in [5.41, 5.74) is 1.58. The minimum absolute atomic E-state index is 0.00826. The maximum absolute atomic E-state index is 13.4. The van der Waals surface area contributed by atoms with Gasteiger partial charge in [0.15, 0.2) is 0 Å². The normalized spacial score (nSPS) is 11.2. The first-order valence-electron chi connectivity index (χ1n) is 8.54. The van der Waals surface area contributed by atoms with E-state index in [1.54, 1.807) is 13.0 Å². The predicted molar refractivity (Wildman–Crippen MR) is 97.8 cm³/mol. The standard InChI is InChI=1S/C20H22F3NO3/c1-5-13-7-8-16(12(3)9-13)24-17-11-15(20(21,22)23)18(26-4)10-14(17)19(25)27-6-2/h7-11,24H,5-6H2,1-4H3. The van der Waals surface area contributed by atoms with Gasteiger partial charge in [-0.3, -0.25) is 0 Å². The molecule has 0 spiro atoms. The van der Waals surface area contributed by atoms with Gasteiger partial charge in [-0.2, -0.15) is 13.2 Å². The van der Waals surface area contributed by atoms with Gasteiger partial charge in [-0.15, -0.1) is 0 Å². The number of aryl methyl sites for hydroxylation is 2. The summed E-state index contributed by atoms with van der Waals surface area (Å²) in [6, 6.07) is 7.53. The van der Waals surface area contributed by atoms with E-state index in [1.165, 1.54) is 0 Å². The minimum atomic E-state index is -4.63. The van der Waals surface area contributed by atoms with Crippen LogP contribution in [-0.2, 0) is 17.3 Å². The Morgan fingerprint density at radius 2 is 1.81 bits per heavy atom. The van der Waals surface area contributed by atoms with Gasteiger partial charge >= 0.3 is 12.1 Å². The summed E-state index contributed by atoms with van der Waals surface area (Å²) in [5.74, 6) is -1.16. The summed E-state index contributed by atoms with van der Waals surface area (Å²) in [4.78, 5) is 12.3. The Hall–Kier alpha value is -2.70. The van der Waals surface area contributed by atoms with Crippen molar-refractivity contribution in [1.29, 1.82) is 0 Å². The Morgan fingerprint density at radius 3 is 2.33 bits per heavy atom. The van der Waals surface area contributed by atoms with Gasteiger partial charge < -0.3 is 14.8 Å². The SMILES string of the molecule is CCOC(=O)c1cc(OC)c(C(F)(F)F)cc1Nc1ccc(CC)cc1C. The summed E-state index contributed by atoms with van der Waals surface area (Å²) in [7, 11) is 1.13. The van der Waals surface area contributed by atoms with Gasteiger partial charge in [-0.25, -0.2) is 4.79 Å². The molecule has 1 N–H and O–H groups in total. The molecule has 0 aliphatic rings. The Balaban J connectivity index is 2.59. The van der Waals surface area contributed by atoms with E-state index in [9.17, 15) is 18.0 Å². The fraction of sp³-hybridized carbons (Fsp3) is 0.350. The van der Waals surface area contributed by atoms with Gasteiger partial charge in [0.2, 0.25) is 0 Å². The second-order valence-electron chi connectivity index (χ2n) is 5.94. The summed E-state index contributed by atoms with van der Waals surface area (Å²) < 4.78 is 50.0. The Morgan fingerprint density at radius 1 is 1.11 bits per heavy atom. The number of nitrogens with one attached hydrogen (secondary N) is 1. The van der Waals surface area contributed by atoms with Crippen LogP contribution in [0.25, 0.3) is 0 Å². The highest BCUT2D eigenvalue weighted by Gasteiger charge is 2.36. The summed E-state index contributed by atoms with van der Waals surface area (Å²) in [5, 5.41) is 2.94. The average Bonchev–Trinajstić information content (AvgIpc) is 2.62. The number of alkyl halides is 3. The number of carbonyl (C=O) groups excluding carboxylic acids is 1. The van der Waals surface area contributed by atoms with Crippen molar-refractivity contribution in [2.45, 2.75) is 33.4 Å². The summed E-state index contributed by atoms with van der Waals surface area (Å²) >= 11 is 0. The number of carbonyl (C=O) groups is 1. The van der Waals surface area contributed by atoms with Crippen molar-refractivity contribution in [3.63, 3.8) is 0 Å². The van der Waals surface area contributed by atoms with Crippen molar-refractivity contribution in [1.82, 2.24) is 0 Å². The quantitative estimate of drug-likeness (QED) is 0.671. The lowest BCUT2D eigenvalue weighted by atomic mass is 10.0. The molecule has 0 fully saturated rings. The van der Waals surface area contributed by atoms with E-state index in [2.05, 4.69) is 5.32 Å². The molecule has 0 aliphatic carbocycles. The maximum Gasteiger partial charge on any atom is 0.420 e. The van der Waals surface area contributed by atoms with Gasteiger partial charge in [0.1, 0.15) is 5.75 Å². The number of rotatable bonds is 6. The smallest absolute Gasteiger partial charge is 0.420 e. The van der Waals surface area contributed by atoms with Crippen molar-refractivity contribution in [3.05, 3.63) is 52.6 Å². The molecule has 2 rings (SSSR count). The molecule has 0 saturated carbocycles. The number of halogens is 3. The molecular weight excluding hydrogens is 359 g/mol. The number of benzene rings is 2. The third kappa shape index (κ3) is 4.72. The topological polar surface area (TPSA) is 47.6 Å². The number of hydrogen-bond acceptors (Lipinski definition) is 4. The van der Waals surface area contributed by atoms with Crippen LogP contribution in [0.4, 0.5) is 24.5 Å². The molecule has 0 atom stereocenters. The van der Waals surface area contributed by atoms with E-state index in [-0.39, 0.29) is 17.9 Å². The zero-order valence-electron chi connectivity index (χ0n) is 15.7. The third-order valence-electron chi connectivity index (χ3n) is 4.11. The highest BCUT2D eigenvalue weighted by Crippen LogP contribution is 2.40. The molecule has 0 heterocycles. The molecule has 0 unspecified atom stereocenters. The maximum atomic E-state index is 13.4. The molecule has 27 heavy (non-hydrogen) atoms. The fourth-order valence-corrected chi connectivity index (χ4v) is 2.68. The lowest BCUT2D eigenvalue weighted by molar-refractivity contribution is -0.138. The van der Waals surface area contributed by atoms with E-state index in [1.807, 2.05) is 26.0 Å². The Labute approximate surface area is 156 Å². The zero-order valence-corrected chi connectivity index (χ0v) is 15.7. The zero-order chi connectivity index (χ0) is 20.2. The van der Waals surface area contributed by atoms with Gasteiger partial charge in [0.25, 0.3) is 0 Å². The number of ether oxygens (including phenoxy) is 2. The molecule has 4 nitrogen and oxygen atoms in total. The fourth-order valence-electron chi connectivity index (χ4n) is 2.68. The van der Waals surface area contributed by atoms with Gasteiger partial charge in [0, 0.05) is 5.69 Å². The molecule has 0 aliphatic heterocycles. The Bertz CT molecular complexity index is 832. The van der Waals surface area contributed by atoms with Crippen LogP contribution in [0.3, 0.4) is 0 Å². The van der Waals surface area contributed by atoms with Crippen LogP contribution < -0.4 is 10.1 Å². The number of anilines is 2. The highest BCUT2D eigenvalue weighted by molar-refractivity contribution is 5.97. The third-order valence-corrected chi connectivity index (χ3v) is 4.11. The van der Waals surface area contributed by atoms with Crippen molar-refractivity contribution in [3.8, 4) is 5.75 Å². The molecule has 146 valence electrons. The van der Waals surface area contributed by atoms with Crippen LogP contribution in [0.5, 0.6) is 5.75 Å². The first kappa shape index (κ1) is 20.6. The molecule has 0 amide bonds. The largest absolute Gasteiger partial charge is 0.496 e. The summed E-state index contributed by atoms with van der Waals surface area (Å²) in [6.07, 6.45) is -3.79. The van der Waals surface area contributed by atoms with Crippen LogP contribution >= 0.6 is 0 Å². The van der Waals surface area contributed by atoms with Crippen LogP contribution in [-0.4, -0.2) is 19.7 Å². The van der Waals surface area contributed by atoms with Crippen LogP contribution in [0.1, 0.15) is 40.9 Å². The van der Waals surface area contributed by atoms with Crippen molar-refractivity contribution < 1.29 is 27.4 Å². The number of methoxy groups -OCH3 is 1. The first-order chi connectivity index (χ1) is 12.7. The molecule has 2 aromatic carbocycles.